The lowest BCUT2D eigenvalue weighted by Crippen LogP contribution is -2.37. The third kappa shape index (κ3) is 3.00. The van der Waals surface area contributed by atoms with Gasteiger partial charge in [0.25, 0.3) is 0 Å². The molecule has 0 spiro atoms. The third-order valence-electron chi connectivity index (χ3n) is 4.60. The van der Waals surface area contributed by atoms with Crippen molar-refractivity contribution in [2.45, 2.75) is 65.8 Å². The largest absolute Gasteiger partial charge is 0.314 e. The third-order valence-corrected chi connectivity index (χ3v) is 4.60. The van der Waals surface area contributed by atoms with Gasteiger partial charge in [0.15, 0.2) is 0 Å². The topological polar surface area (TPSA) is 12.0 Å². The number of hydrogen-bond acceptors (Lipinski definition) is 1. The van der Waals surface area contributed by atoms with Crippen LogP contribution in [0.1, 0.15) is 59.8 Å². The minimum Gasteiger partial charge on any atom is -0.314 e. The Balaban J connectivity index is 1.85. The summed E-state index contributed by atoms with van der Waals surface area (Å²) >= 11 is 0. The molecule has 2 unspecified atom stereocenters. The molecule has 0 aliphatic heterocycles. The second-order valence-electron chi connectivity index (χ2n) is 7.13. The van der Waals surface area contributed by atoms with Crippen LogP contribution in [0, 0.1) is 23.2 Å². The second kappa shape index (κ2) is 4.68. The summed E-state index contributed by atoms with van der Waals surface area (Å²) in [7, 11) is 0. The SMILES string of the molecule is CC(C)CCC1(CNC(C)C)CC2CC2C1. The Morgan fingerprint density at radius 1 is 1.12 bits per heavy atom. The van der Waals surface area contributed by atoms with E-state index < -0.39 is 0 Å². The summed E-state index contributed by atoms with van der Waals surface area (Å²) in [4.78, 5) is 0. The summed E-state index contributed by atoms with van der Waals surface area (Å²) in [5.41, 5.74) is 0.669. The fourth-order valence-electron chi connectivity index (χ4n) is 3.46. The van der Waals surface area contributed by atoms with E-state index in [1.807, 2.05) is 0 Å². The lowest BCUT2D eigenvalue weighted by Gasteiger charge is -2.33. The van der Waals surface area contributed by atoms with Gasteiger partial charge in [-0.3, -0.25) is 0 Å². The van der Waals surface area contributed by atoms with Gasteiger partial charge >= 0.3 is 0 Å². The highest BCUT2D eigenvalue weighted by Crippen LogP contribution is 2.61. The van der Waals surface area contributed by atoms with Gasteiger partial charge < -0.3 is 5.32 Å². The maximum absolute atomic E-state index is 3.69. The van der Waals surface area contributed by atoms with Crippen LogP contribution in [0.15, 0.2) is 0 Å². The molecule has 0 heterocycles. The monoisotopic (exact) mass is 223 g/mol. The highest BCUT2D eigenvalue weighted by molar-refractivity contribution is 5.04. The van der Waals surface area contributed by atoms with Gasteiger partial charge in [-0.05, 0) is 48.9 Å². The molecule has 2 aliphatic rings. The number of fused-ring (bicyclic) bond motifs is 1. The Bertz CT molecular complexity index is 208. The molecule has 94 valence electrons. The van der Waals surface area contributed by atoms with Crippen molar-refractivity contribution >= 4 is 0 Å². The summed E-state index contributed by atoms with van der Waals surface area (Å²) in [6.07, 6.45) is 7.45. The van der Waals surface area contributed by atoms with Gasteiger partial charge in [0.05, 0.1) is 0 Å². The van der Waals surface area contributed by atoms with Crippen molar-refractivity contribution < 1.29 is 0 Å². The standard InChI is InChI=1S/C15H29N/c1-11(2)5-6-15(10-16-12(3)4)8-13-7-14(13)9-15/h11-14,16H,5-10H2,1-4H3. The molecule has 0 bridgehead atoms. The van der Waals surface area contributed by atoms with E-state index in [2.05, 4.69) is 33.0 Å². The fraction of sp³-hybridized carbons (Fsp3) is 1.00. The Labute approximate surface area is 101 Å². The van der Waals surface area contributed by atoms with E-state index in [0.29, 0.717) is 11.5 Å². The van der Waals surface area contributed by atoms with E-state index >= 15 is 0 Å². The highest BCUT2D eigenvalue weighted by atomic mass is 14.9. The highest BCUT2D eigenvalue weighted by Gasteiger charge is 2.52. The first-order chi connectivity index (χ1) is 7.51. The molecule has 1 nitrogen and oxygen atoms in total. The van der Waals surface area contributed by atoms with E-state index in [4.69, 9.17) is 0 Å². The van der Waals surface area contributed by atoms with Crippen molar-refractivity contribution in [3.8, 4) is 0 Å². The maximum Gasteiger partial charge on any atom is 0.00106 e. The van der Waals surface area contributed by atoms with Crippen LogP contribution in [0.2, 0.25) is 0 Å². The van der Waals surface area contributed by atoms with E-state index in [-0.39, 0.29) is 0 Å². The van der Waals surface area contributed by atoms with Crippen molar-refractivity contribution in [2.24, 2.45) is 23.2 Å². The van der Waals surface area contributed by atoms with Crippen LogP contribution in [-0.4, -0.2) is 12.6 Å². The minimum absolute atomic E-state index is 0.646. The quantitative estimate of drug-likeness (QED) is 0.721. The molecule has 1 heteroatoms. The van der Waals surface area contributed by atoms with Gasteiger partial charge in [-0.1, -0.05) is 34.1 Å². The molecule has 2 atom stereocenters. The van der Waals surface area contributed by atoms with Crippen molar-refractivity contribution in [3.63, 3.8) is 0 Å². The fourth-order valence-corrected chi connectivity index (χ4v) is 3.46. The predicted molar refractivity (Wildman–Crippen MR) is 70.5 cm³/mol. The first-order valence-corrected chi connectivity index (χ1v) is 7.24. The number of hydrogen-bond donors (Lipinski definition) is 1. The summed E-state index contributed by atoms with van der Waals surface area (Å²) in [5.74, 6) is 3.09. The zero-order chi connectivity index (χ0) is 11.8. The second-order valence-corrected chi connectivity index (χ2v) is 7.13. The van der Waals surface area contributed by atoms with Gasteiger partial charge in [0.1, 0.15) is 0 Å². The van der Waals surface area contributed by atoms with Gasteiger partial charge in [-0.2, -0.15) is 0 Å². The van der Waals surface area contributed by atoms with Crippen LogP contribution in [0.5, 0.6) is 0 Å². The van der Waals surface area contributed by atoms with Crippen LogP contribution in [-0.2, 0) is 0 Å². The van der Waals surface area contributed by atoms with Gasteiger partial charge in [0.2, 0.25) is 0 Å². The van der Waals surface area contributed by atoms with Crippen LogP contribution < -0.4 is 5.32 Å². The first-order valence-electron chi connectivity index (χ1n) is 7.24. The molecule has 2 aliphatic carbocycles. The molecule has 0 radical (unpaired) electrons. The minimum atomic E-state index is 0.646. The van der Waals surface area contributed by atoms with Gasteiger partial charge in [-0.25, -0.2) is 0 Å². The lowest BCUT2D eigenvalue weighted by molar-refractivity contribution is 0.209. The summed E-state index contributed by atoms with van der Waals surface area (Å²) < 4.78 is 0. The van der Waals surface area contributed by atoms with Crippen LogP contribution in [0.25, 0.3) is 0 Å². The Kier molecular flexibility index (Phi) is 3.63. The number of rotatable bonds is 6. The molecular formula is C15H29N. The van der Waals surface area contributed by atoms with Crippen molar-refractivity contribution in [1.29, 1.82) is 0 Å². The zero-order valence-electron chi connectivity index (χ0n) is 11.6. The summed E-state index contributed by atoms with van der Waals surface area (Å²) in [5, 5.41) is 3.69. The van der Waals surface area contributed by atoms with Crippen LogP contribution >= 0.6 is 0 Å². The molecule has 2 fully saturated rings. The summed E-state index contributed by atoms with van der Waals surface area (Å²) in [6.45, 7) is 10.5. The average Bonchev–Trinajstić information content (AvgIpc) is 2.82. The molecule has 0 amide bonds. The average molecular weight is 223 g/mol. The van der Waals surface area contributed by atoms with Gasteiger partial charge in [0, 0.05) is 12.6 Å². The molecule has 1 N–H and O–H groups in total. The van der Waals surface area contributed by atoms with Crippen molar-refractivity contribution in [2.75, 3.05) is 6.54 Å². The lowest BCUT2D eigenvalue weighted by atomic mass is 9.77. The van der Waals surface area contributed by atoms with E-state index in [0.717, 1.165) is 17.8 Å². The van der Waals surface area contributed by atoms with Crippen molar-refractivity contribution in [3.05, 3.63) is 0 Å². The predicted octanol–water partition coefficient (Wildman–Crippen LogP) is 3.84. The first kappa shape index (κ1) is 12.4. The molecule has 0 saturated heterocycles. The zero-order valence-corrected chi connectivity index (χ0v) is 11.6. The molecule has 0 aromatic rings. The molecule has 0 aromatic heterocycles. The van der Waals surface area contributed by atoms with Crippen LogP contribution in [0.4, 0.5) is 0 Å². The van der Waals surface area contributed by atoms with E-state index in [9.17, 15) is 0 Å². The summed E-state index contributed by atoms with van der Waals surface area (Å²) in [6, 6.07) is 0.646. The molecule has 16 heavy (non-hydrogen) atoms. The van der Waals surface area contributed by atoms with E-state index in [1.165, 1.54) is 32.2 Å². The van der Waals surface area contributed by atoms with Crippen molar-refractivity contribution in [1.82, 2.24) is 5.32 Å². The Morgan fingerprint density at radius 2 is 1.75 bits per heavy atom. The molecule has 0 aromatic carbocycles. The Morgan fingerprint density at radius 3 is 2.25 bits per heavy atom. The smallest absolute Gasteiger partial charge is 0.00106 e. The van der Waals surface area contributed by atoms with E-state index in [1.54, 1.807) is 6.42 Å². The van der Waals surface area contributed by atoms with Crippen LogP contribution in [0.3, 0.4) is 0 Å². The molecule has 2 saturated carbocycles. The normalized spacial score (nSPS) is 37.1. The maximum atomic E-state index is 3.69. The molecule has 2 rings (SSSR count). The number of nitrogens with one attached hydrogen (secondary N) is 1. The molecular weight excluding hydrogens is 194 g/mol. The van der Waals surface area contributed by atoms with Gasteiger partial charge in [-0.15, -0.1) is 0 Å². The Hall–Kier alpha value is -0.0400.